The highest BCUT2D eigenvalue weighted by molar-refractivity contribution is 7.21. The molecule has 0 saturated carbocycles. The summed E-state index contributed by atoms with van der Waals surface area (Å²) in [5.41, 5.74) is 7.81. The van der Waals surface area contributed by atoms with Crippen LogP contribution in [-0.4, -0.2) is 43.6 Å². The molecule has 6 nitrogen and oxygen atoms in total. The smallest absolute Gasteiger partial charge is 0.263 e. The van der Waals surface area contributed by atoms with Gasteiger partial charge in [0.1, 0.15) is 21.3 Å². The van der Waals surface area contributed by atoms with Crippen LogP contribution in [0.3, 0.4) is 0 Å². The van der Waals surface area contributed by atoms with Crippen molar-refractivity contribution < 1.29 is 13.6 Å². The third-order valence-corrected chi connectivity index (χ3v) is 6.32. The fourth-order valence-corrected chi connectivity index (χ4v) is 4.63. The Balaban J connectivity index is 1.43. The fraction of sp³-hybridized carbons (Fsp3) is 0.333. The number of hydrogen-bond donors (Lipinski definition) is 3. The molecule has 1 aromatic carbocycles. The number of carbonyl (C=O) groups excluding carboxylic acids is 1. The number of nitrogens with one attached hydrogen (secondary N) is 2. The number of thiophene rings is 1. The van der Waals surface area contributed by atoms with Gasteiger partial charge in [-0.3, -0.25) is 4.79 Å². The van der Waals surface area contributed by atoms with Crippen LogP contribution in [0.1, 0.15) is 20.9 Å². The molecule has 9 heteroatoms. The molecule has 0 bridgehead atoms. The molecule has 1 aliphatic rings. The Morgan fingerprint density at radius 3 is 2.67 bits per heavy atom. The number of rotatable bonds is 5. The molecule has 4 rings (SSSR count). The molecule has 4 N–H and O–H groups in total. The van der Waals surface area contributed by atoms with Crippen molar-refractivity contribution in [1.29, 1.82) is 0 Å². The van der Waals surface area contributed by atoms with Crippen LogP contribution in [0.5, 0.6) is 0 Å². The molecule has 0 radical (unpaired) electrons. The van der Waals surface area contributed by atoms with E-state index in [9.17, 15) is 13.6 Å². The zero-order chi connectivity index (χ0) is 21.3. The van der Waals surface area contributed by atoms with E-state index in [2.05, 4.69) is 15.6 Å². The molecule has 1 aliphatic heterocycles. The number of piperazine rings is 1. The molecule has 30 heavy (non-hydrogen) atoms. The van der Waals surface area contributed by atoms with Gasteiger partial charge in [-0.1, -0.05) is 0 Å². The minimum atomic E-state index is -0.598. The number of pyridine rings is 1. The van der Waals surface area contributed by atoms with Gasteiger partial charge in [0, 0.05) is 55.1 Å². The van der Waals surface area contributed by atoms with Gasteiger partial charge in [0.05, 0.1) is 5.69 Å². The minimum absolute atomic E-state index is 0.0317. The number of hydrogen-bond acceptors (Lipinski definition) is 6. The molecule has 3 heterocycles. The SMILES string of the molecule is Cc1ccc2c(N)c(C(=O)NCCc3c(F)cc(N4CCNCC4)cc3F)sc2n1. The summed E-state index contributed by atoms with van der Waals surface area (Å²) in [6, 6.07) is 6.40. The zero-order valence-corrected chi connectivity index (χ0v) is 17.4. The lowest BCUT2D eigenvalue weighted by molar-refractivity contribution is 0.0958. The number of anilines is 2. The van der Waals surface area contributed by atoms with Crippen molar-refractivity contribution in [3.8, 4) is 0 Å². The highest BCUT2D eigenvalue weighted by atomic mass is 32.1. The van der Waals surface area contributed by atoms with Gasteiger partial charge >= 0.3 is 0 Å². The van der Waals surface area contributed by atoms with E-state index in [-0.39, 0.29) is 24.4 Å². The second kappa shape index (κ2) is 8.53. The first-order valence-electron chi connectivity index (χ1n) is 9.81. The standard InChI is InChI=1S/C21H23F2N5OS/c1-12-2-3-15-18(24)19(30-21(15)27-12)20(29)26-5-4-14-16(22)10-13(11-17(14)23)28-8-6-25-7-9-28/h2-3,10-11,25H,4-9,24H2,1H3,(H,26,29). The predicted octanol–water partition coefficient (Wildman–Crippen LogP) is 2.85. The van der Waals surface area contributed by atoms with Gasteiger partial charge < -0.3 is 21.3 Å². The van der Waals surface area contributed by atoms with E-state index in [1.54, 1.807) is 0 Å². The predicted molar refractivity (Wildman–Crippen MR) is 116 cm³/mol. The van der Waals surface area contributed by atoms with Gasteiger partial charge in [0.25, 0.3) is 5.91 Å². The van der Waals surface area contributed by atoms with Gasteiger partial charge in [-0.15, -0.1) is 11.3 Å². The average Bonchev–Trinajstić information content (AvgIpc) is 3.06. The number of halogens is 2. The van der Waals surface area contributed by atoms with Gasteiger partial charge in [0.15, 0.2) is 0 Å². The van der Waals surface area contributed by atoms with Gasteiger partial charge in [0.2, 0.25) is 0 Å². The Morgan fingerprint density at radius 2 is 1.97 bits per heavy atom. The Kier molecular flexibility index (Phi) is 5.83. The number of fused-ring (bicyclic) bond motifs is 1. The third-order valence-electron chi connectivity index (χ3n) is 5.21. The Morgan fingerprint density at radius 1 is 1.27 bits per heavy atom. The fourth-order valence-electron chi connectivity index (χ4n) is 3.57. The molecule has 3 aromatic rings. The van der Waals surface area contributed by atoms with Gasteiger partial charge in [-0.25, -0.2) is 13.8 Å². The summed E-state index contributed by atoms with van der Waals surface area (Å²) >= 11 is 1.21. The highest BCUT2D eigenvalue weighted by Crippen LogP contribution is 2.32. The first kappa shape index (κ1) is 20.5. The van der Waals surface area contributed by atoms with E-state index in [1.165, 1.54) is 23.5 Å². The number of nitrogen functional groups attached to an aromatic ring is 1. The Hall–Kier alpha value is -2.78. The number of aryl methyl sites for hydroxylation is 1. The van der Waals surface area contributed by atoms with E-state index >= 15 is 0 Å². The van der Waals surface area contributed by atoms with Crippen molar-refractivity contribution in [2.24, 2.45) is 0 Å². The quantitative estimate of drug-likeness (QED) is 0.579. The second-order valence-corrected chi connectivity index (χ2v) is 8.28. The summed E-state index contributed by atoms with van der Waals surface area (Å²) in [6.07, 6.45) is 0.0490. The number of nitrogens with zero attached hydrogens (tertiary/aromatic N) is 2. The van der Waals surface area contributed by atoms with Crippen LogP contribution in [-0.2, 0) is 6.42 Å². The lowest BCUT2D eigenvalue weighted by Crippen LogP contribution is -2.43. The molecule has 158 valence electrons. The summed E-state index contributed by atoms with van der Waals surface area (Å²) in [5, 5.41) is 6.65. The number of aromatic nitrogens is 1. The normalized spacial score (nSPS) is 14.3. The Labute approximate surface area is 177 Å². The second-order valence-electron chi connectivity index (χ2n) is 7.28. The topological polar surface area (TPSA) is 83.3 Å². The number of carbonyl (C=O) groups is 1. The summed E-state index contributed by atoms with van der Waals surface area (Å²) in [6.45, 7) is 4.95. The molecule has 0 spiro atoms. The monoisotopic (exact) mass is 431 g/mol. The largest absolute Gasteiger partial charge is 0.397 e. The van der Waals surface area contributed by atoms with Crippen LogP contribution >= 0.6 is 11.3 Å². The maximum Gasteiger partial charge on any atom is 0.263 e. The minimum Gasteiger partial charge on any atom is -0.397 e. The van der Waals surface area contributed by atoms with E-state index in [0.717, 1.165) is 24.2 Å². The molecular weight excluding hydrogens is 408 g/mol. The van der Waals surface area contributed by atoms with Gasteiger partial charge in [-0.05, 0) is 37.6 Å². The number of amides is 1. The van der Waals surface area contributed by atoms with Gasteiger partial charge in [-0.2, -0.15) is 0 Å². The molecule has 0 aliphatic carbocycles. The maximum absolute atomic E-state index is 14.5. The number of benzene rings is 1. The van der Waals surface area contributed by atoms with Crippen molar-refractivity contribution >= 4 is 38.8 Å². The first-order chi connectivity index (χ1) is 14.4. The molecule has 1 fully saturated rings. The van der Waals surface area contributed by atoms with Crippen LogP contribution in [0.25, 0.3) is 10.2 Å². The average molecular weight is 432 g/mol. The van der Waals surface area contributed by atoms with Crippen molar-refractivity contribution in [1.82, 2.24) is 15.6 Å². The van der Waals surface area contributed by atoms with Crippen LogP contribution in [0, 0.1) is 18.6 Å². The van der Waals surface area contributed by atoms with Crippen LogP contribution < -0.4 is 21.3 Å². The van der Waals surface area contributed by atoms with E-state index in [0.29, 0.717) is 34.2 Å². The van der Waals surface area contributed by atoms with E-state index < -0.39 is 11.6 Å². The van der Waals surface area contributed by atoms with Crippen LogP contribution in [0.2, 0.25) is 0 Å². The lowest BCUT2D eigenvalue weighted by Gasteiger charge is -2.29. The molecule has 0 unspecified atom stereocenters. The summed E-state index contributed by atoms with van der Waals surface area (Å²) in [4.78, 5) is 19.9. The Bertz CT molecular complexity index is 1070. The molecule has 2 aromatic heterocycles. The van der Waals surface area contributed by atoms with Crippen molar-refractivity contribution in [3.63, 3.8) is 0 Å². The number of nitrogens with two attached hydrogens (primary N) is 1. The summed E-state index contributed by atoms with van der Waals surface area (Å²) in [5.74, 6) is -1.57. The maximum atomic E-state index is 14.5. The van der Waals surface area contributed by atoms with Crippen molar-refractivity contribution in [3.05, 3.63) is 52.0 Å². The highest BCUT2D eigenvalue weighted by Gasteiger charge is 2.19. The summed E-state index contributed by atoms with van der Waals surface area (Å²) < 4.78 is 29.1. The van der Waals surface area contributed by atoms with E-state index in [4.69, 9.17) is 5.73 Å². The molecule has 1 saturated heterocycles. The van der Waals surface area contributed by atoms with E-state index in [1.807, 2.05) is 24.0 Å². The van der Waals surface area contributed by atoms with Crippen molar-refractivity contribution in [2.45, 2.75) is 13.3 Å². The molecular formula is C21H23F2N5OS. The lowest BCUT2D eigenvalue weighted by atomic mass is 10.1. The molecule has 0 atom stereocenters. The third kappa shape index (κ3) is 4.08. The molecule has 1 amide bonds. The van der Waals surface area contributed by atoms with Crippen LogP contribution in [0.4, 0.5) is 20.2 Å². The summed E-state index contributed by atoms with van der Waals surface area (Å²) in [7, 11) is 0. The zero-order valence-electron chi connectivity index (χ0n) is 16.6. The van der Waals surface area contributed by atoms with Crippen molar-refractivity contribution in [2.75, 3.05) is 43.4 Å². The first-order valence-corrected chi connectivity index (χ1v) is 10.6. The van der Waals surface area contributed by atoms with Crippen LogP contribution in [0.15, 0.2) is 24.3 Å².